The van der Waals surface area contributed by atoms with E-state index in [4.69, 9.17) is 9.84 Å². The van der Waals surface area contributed by atoms with Crippen LogP contribution in [0.3, 0.4) is 0 Å². The molecule has 0 heterocycles. The number of carboxylic acids is 1. The number of rotatable bonds is 8. The monoisotopic (exact) mass is 313 g/mol. The maximum Gasteiger partial charge on any atom is 0.328 e. The largest absolute Gasteiger partial charge is 0.478 e. The number of nitrogens with zero attached hydrogens (tertiary/aromatic N) is 1. The number of ether oxygens (including phenoxy) is 1. The molecule has 0 saturated carbocycles. The van der Waals surface area contributed by atoms with Crippen molar-refractivity contribution in [2.24, 2.45) is 0 Å². The number of hydrogen-bond acceptors (Lipinski definition) is 4. The van der Waals surface area contributed by atoms with Crippen LogP contribution in [0.15, 0.2) is 30.3 Å². The van der Waals surface area contributed by atoms with Crippen LogP contribution in [-0.4, -0.2) is 50.3 Å². The molecule has 7 heteroatoms. The second-order valence-corrected chi connectivity index (χ2v) is 6.67. The summed E-state index contributed by atoms with van der Waals surface area (Å²) in [6, 6.07) is 7.02. The molecule has 1 rings (SSSR count). The average Bonchev–Trinajstić information content (AvgIpc) is 2.44. The van der Waals surface area contributed by atoms with Crippen molar-refractivity contribution in [2.75, 3.05) is 26.5 Å². The lowest BCUT2D eigenvalue weighted by atomic mass is 10.1. The molecule has 0 unspecified atom stereocenters. The quantitative estimate of drug-likeness (QED) is 0.729. The van der Waals surface area contributed by atoms with Crippen molar-refractivity contribution in [3.05, 3.63) is 41.5 Å². The predicted octanol–water partition coefficient (Wildman–Crippen LogP) is 1.19. The summed E-state index contributed by atoms with van der Waals surface area (Å²) < 4.78 is 29.9. The zero-order chi connectivity index (χ0) is 15.9. The normalized spacial score (nSPS) is 12.1. The van der Waals surface area contributed by atoms with Crippen molar-refractivity contribution in [3.8, 4) is 0 Å². The Kier molecular flexibility index (Phi) is 6.54. The molecule has 0 aliphatic carbocycles. The number of sulfonamides is 1. The van der Waals surface area contributed by atoms with Crippen LogP contribution in [0.5, 0.6) is 0 Å². The fraction of sp³-hybridized carbons (Fsp3) is 0.357. The summed E-state index contributed by atoms with van der Waals surface area (Å²) in [5.41, 5.74) is 1.57. The van der Waals surface area contributed by atoms with Gasteiger partial charge in [0.2, 0.25) is 10.0 Å². The van der Waals surface area contributed by atoms with Gasteiger partial charge in [0, 0.05) is 26.8 Å². The van der Waals surface area contributed by atoms with E-state index >= 15 is 0 Å². The summed E-state index contributed by atoms with van der Waals surface area (Å²) in [6.07, 6.45) is 2.53. The minimum absolute atomic E-state index is 0.0561. The standard InChI is InChI=1S/C14H19NO5S/c1-15(21(18,19)10-9-20-2)11-13-5-3-12(4-6-13)7-8-14(16)17/h3-8H,9-11H2,1-2H3,(H,16,17). The van der Waals surface area contributed by atoms with Gasteiger partial charge >= 0.3 is 5.97 Å². The molecule has 0 bridgehead atoms. The van der Waals surface area contributed by atoms with Gasteiger partial charge in [0.15, 0.2) is 0 Å². The number of methoxy groups -OCH3 is 1. The van der Waals surface area contributed by atoms with E-state index in [0.29, 0.717) is 0 Å². The average molecular weight is 313 g/mol. The molecule has 21 heavy (non-hydrogen) atoms. The molecule has 0 amide bonds. The van der Waals surface area contributed by atoms with Crippen molar-refractivity contribution in [1.29, 1.82) is 0 Å². The summed E-state index contributed by atoms with van der Waals surface area (Å²) in [5.74, 6) is -1.07. The number of carboxylic acid groups (broad SMARTS) is 1. The molecule has 6 nitrogen and oxygen atoms in total. The van der Waals surface area contributed by atoms with Crippen LogP contribution in [0.4, 0.5) is 0 Å². The van der Waals surface area contributed by atoms with Crippen LogP contribution in [0.25, 0.3) is 6.08 Å². The van der Waals surface area contributed by atoms with Gasteiger partial charge in [-0.15, -0.1) is 0 Å². The van der Waals surface area contributed by atoms with Gasteiger partial charge in [-0.05, 0) is 17.2 Å². The minimum Gasteiger partial charge on any atom is -0.478 e. The lowest BCUT2D eigenvalue weighted by Crippen LogP contribution is -2.30. The van der Waals surface area contributed by atoms with Gasteiger partial charge in [-0.2, -0.15) is 0 Å². The highest BCUT2D eigenvalue weighted by atomic mass is 32.2. The van der Waals surface area contributed by atoms with Crippen molar-refractivity contribution >= 4 is 22.1 Å². The second-order valence-electron chi connectivity index (χ2n) is 4.48. The molecule has 1 aromatic rings. The molecule has 0 atom stereocenters. The summed E-state index contributed by atoms with van der Waals surface area (Å²) in [4.78, 5) is 10.4. The summed E-state index contributed by atoms with van der Waals surface area (Å²) in [5, 5.41) is 8.54. The van der Waals surface area contributed by atoms with Crippen LogP contribution in [0, 0.1) is 0 Å². The third-order valence-electron chi connectivity index (χ3n) is 2.82. The Hall–Kier alpha value is -1.70. The van der Waals surface area contributed by atoms with Crippen LogP contribution in [0.2, 0.25) is 0 Å². The molecule has 0 aliphatic heterocycles. The van der Waals surface area contributed by atoms with Gasteiger partial charge in [0.25, 0.3) is 0 Å². The molecule has 0 spiro atoms. The van der Waals surface area contributed by atoms with E-state index in [1.165, 1.54) is 24.5 Å². The van der Waals surface area contributed by atoms with E-state index in [-0.39, 0.29) is 18.9 Å². The first kappa shape index (κ1) is 17.4. The molecule has 0 radical (unpaired) electrons. The van der Waals surface area contributed by atoms with Gasteiger partial charge in [-0.1, -0.05) is 24.3 Å². The molecule has 0 saturated heterocycles. The third kappa shape index (κ3) is 6.07. The fourth-order valence-corrected chi connectivity index (χ4v) is 2.64. The molecule has 0 fully saturated rings. The SMILES string of the molecule is COCCS(=O)(=O)N(C)Cc1ccc(C=CC(=O)O)cc1. The zero-order valence-corrected chi connectivity index (χ0v) is 12.8. The van der Waals surface area contributed by atoms with Crippen molar-refractivity contribution < 1.29 is 23.1 Å². The van der Waals surface area contributed by atoms with Gasteiger partial charge in [-0.3, -0.25) is 0 Å². The molecule has 1 aromatic carbocycles. The molecule has 116 valence electrons. The van der Waals surface area contributed by atoms with Crippen LogP contribution < -0.4 is 0 Å². The lowest BCUT2D eigenvalue weighted by Gasteiger charge is -2.17. The summed E-state index contributed by atoms with van der Waals surface area (Å²) in [7, 11) is -0.361. The molecular weight excluding hydrogens is 294 g/mol. The Balaban J connectivity index is 2.69. The second kappa shape index (κ2) is 7.92. The third-order valence-corrected chi connectivity index (χ3v) is 4.59. The minimum atomic E-state index is -3.34. The van der Waals surface area contributed by atoms with Crippen molar-refractivity contribution in [2.45, 2.75) is 6.54 Å². The number of aliphatic carboxylic acids is 1. The highest BCUT2D eigenvalue weighted by Gasteiger charge is 2.17. The van der Waals surface area contributed by atoms with E-state index in [2.05, 4.69) is 0 Å². The number of carbonyl (C=O) groups is 1. The van der Waals surface area contributed by atoms with Gasteiger partial charge in [0.05, 0.1) is 12.4 Å². The lowest BCUT2D eigenvalue weighted by molar-refractivity contribution is -0.131. The maximum atomic E-state index is 11.9. The highest BCUT2D eigenvalue weighted by Crippen LogP contribution is 2.10. The number of hydrogen-bond donors (Lipinski definition) is 1. The van der Waals surface area contributed by atoms with Crippen LogP contribution >= 0.6 is 0 Å². The van der Waals surface area contributed by atoms with E-state index in [9.17, 15) is 13.2 Å². The Morgan fingerprint density at radius 3 is 2.48 bits per heavy atom. The zero-order valence-electron chi connectivity index (χ0n) is 12.0. The van der Waals surface area contributed by atoms with Crippen molar-refractivity contribution in [3.63, 3.8) is 0 Å². The first-order valence-electron chi connectivity index (χ1n) is 6.28. The van der Waals surface area contributed by atoms with Gasteiger partial charge in [-0.25, -0.2) is 17.5 Å². The van der Waals surface area contributed by atoms with E-state index < -0.39 is 16.0 Å². The molecular formula is C14H19NO5S. The molecule has 1 N–H and O–H groups in total. The van der Waals surface area contributed by atoms with Gasteiger partial charge < -0.3 is 9.84 Å². The van der Waals surface area contributed by atoms with Crippen molar-refractivity contribution in [1.82, 2.24) is 4.31 Å². The smallest absolute Gasteiger partial charge is 0.328 e. The topological polar surface area (TPSA) is 83.9 Å². The van der Waals surface area contributed by atoms with E-state index in [0.717, 1.165) is 17.2 Å². The molecule has 0 aliphatic rings. The Labute approximate surface area is 124 Å². The predicted molar refractivity (Wildman–Crippen MR) is 80.2 cm³/mol. The van der Waals surface area contributed by atoms with E-state index in [1.54, 1.807) is 24.3 Å². The Bertz CT molecular complexity index is 592. The Morgan fingerprint density at radius 1 is 1.33 bits per heavy atom. The van der Waals surface area contributed by atoms with E-state index in [1.807, 2.05) is 0 Å². The Morgan fingerprint density at radius 2 is 1.95 bits per heavy atom. The van der Waals surface area contributed by atoms with Gasteiger partial charge in [0.1, 0.15) is 0 Å². The first-order chi connectivity index (χ1) is 9.85. The highest BCUT2D eigenvalue weighted by molar-refractivity contribution is 7.89. The first-order valence-corrected chi connectivity index (χ1v) is 7.89. The fourth-order valence-electron chi connectivity index (χ4n) is 1.60. The summed E-state index contributed by atoms with van der Waals surface area (Å²) >= 11 is 0. The maximum absolute atomic E-state index is 11.9. The molecule has 0 aromatic heterocycles. The number of benzene rings is 1. The summed E-state index contributed by atoms with van der Waals surface area (Å²) in [6.45, 7) is 0.417. The van der Waals surface area contributed by atoms with Crippen LogP contribution in [0.1, 0.15) is 11.1 Å². The van der Waals surface area contributed by atoms with Crippen LogP contribution in [-0.2, 0) is 26.1 Å².